The van der Waals surface area contributed by atoms with Gasteiger partial charge < -0.3 is 14.8 Å². The van der Waals surface area contributed by atoms with E-state index in [1.54, 1.807) is 0 Å². The lowest BCUT2D eigenvalue weighted by molar-refractivity contribution is -0.165. The van der Waals surface area contributed by atoms with Crippen molar-refractivity contribution in [2.45, 2.75) is 24.5 Å². The Morgan fingerprint density at radius 2 is 2.06 bits per heavy atom. The quantitative estimate of drug-likeness (QED) is 0.828. The lowest BCUT2D eigenvalue weighted by Gasteiger charge is -2.46. The highest BCUT2D eigenvalue weighted by Gasteiger charge is 2.44. The summed E-state index contributed by atoms with van der Waals surface area (Å²) >= 11 is 0. The summed E-state index contributed by atoms with van der Waals surface area (Å²) in [5, 5.41) is 3.49. The first-order chi connectivity index (χ1) is 8.80. The lowest BCUT2D eigenvalue weighted by atomic mass is 9.83. The largest absolute Gasteiger partial charge is 0.378 e. The van der Waals surface area contributed by atoms with E-state index in [0.717, 1.165) is 31.6 Å². The molecule has 1 aromatic rings. The number of rotatable bonds is 1. The molecule has 0 amide bonds. The normalized spacial score (nSPS) is 32.6. The van der Waals surface area contributed by atoms with Crippen LogP contribution in [0.25, 0.3) is 0 Å². The van der Waals surface area contributed by atoms with Crippen molar-refractivity contribution in [2.75, 3.05) is 26.4 Å². The summed E-state index contributed by atoms with van der Waals surface area (Å²) in [6.45, 7) is 2.95. The van der Waals surface area contributed by atoms with Crippen molar-refractivity contribution in [3.63, 3.8) is 0 Å². The zero-order valence-corrected chi connectivity index (χ0v) is 10.3. The Bertz CT molecular complexity index is 392. The van der Waals surface area contributed by atoms with Gasteiger partial charge in [0.15, 0.2) is 0 Å². The summed E-state index contributed by atoms with van der Waals surface area (Å²) in [5.74, 6) is -0.204. The molecule has 2 aliphatic heterocycles. The van der Waals surface area contributed by atoms with Gasteiger partial charge in [0.25, 0.3) is 0 Å². The van der Waals surface area contributed by atoms with E-state index in [1.807, 2.05) is 12.1 Å². The molecule has 3 rings (SSSR count). The molecule has 2 heterocycles. The predicted molar refractivity (Wildman–Crippen MR) is 65.9 cm³/mol. The molecule has 2 unspecified atom stereocenters. The molecule has 18 heavy (non-hydrogen) atoms. The van der Waals surface area contributed by atoms with Crippen LogP contribution < -0.4 is 5.32 Å². The second kappa shape index (κ2) is 4.96. The summed E-state index contributed by atoms with van der Waals surface area (Å²) in [4.78, 5) is 0. The maximum Gasteiger partial charge on any atom is 0.123 e. The van der Waals surface area contributed by atoms with Gasteiger partial charge in [-0.2, -0.15) is 0 Å². The Morgan fingerprint density at radius 1 is 1.22 bits per heavy atom. The minimum Gasteiger partial charge on any atom is -0.378 e. The number of nitrogens with one attached hydrogen (secondary N) is 1. The number of ether oxygens (including phenoxy) is 2. The Kier molecular flexibility index (Phi) is 3.33. The molecule has 0 saturated carbocycles. The van der Waals surface area contributed by atoms with Crippen molar-refractivity contribution in [3.8, 4) is 0 Å². The third-order valence-electron chi connectivity index (χ3n) is 3.80. The average molecular weight is 251 g/mol. The Balaban J connectivity index is 1.89. The number of hydrogen-bond acceptors (Lipinski definition) is 3. The number of morpholine rings is 1. The van der Waals surface area contributed by atoms with Crippen LogP contribution in [-0.4, -0.2) is 32.0 Å². The fraction of sp³-hybridized carbons (Fsp3) is 0.571. The van der Waals surface area contributed by atoms with E-state index >= 15 is 0 Å². The molecule has 3 nitrogen and oxygen atoms in total. The highest BCUT2D eigenvalue weighted by atomic mass is 19.1. The monoisotopic (exact) mass is 251 g/mol. The zero-order valence-electron chi connectivity index (χ0n) is 10.3. The van der Waals surface area contributed by atoms with Gasteiger partial charge in [-0.25, -0.2) is 4.39 Å². The summed E-state index contributed by atoms with van der Waals surface area (Å²) < 4.78 is 24.6. The fourth-order valence-corrected chi connectivity index (χ4v) is 2.94. The van der Waals surface area contributed by atoms with Gasteiger partial charge in [-0.15, -0.1) is 0 Å². The molecule has 98 valence electrons. The predicted octanol–water partition coefficient (Wildman–Crippen LogP) is 2.04. The second-order valence-electron chi connectivity index (χ2n) is 5.01. The lowest BCUT2D eigenvalue weighted by Crippen LogP contribution is -2.56. The number of halogens is 1. The molecule has 2 atom stereocenters. The van der Waals surface area contributed by atoms with E-state index < -0.39 is 0 Å². The van der Waals surface area contributed by atoms with E-state index in [-0.39, 0.29) is 17.5 Å². The van der Waals surface area contributed by atoms with Gasteiger partial charge in [-0.05, 0) is 30.5 Å². The van der Waals surface area contributed by atoms with Crippen LogP contribution in [0.1, 0.15) is 24.4 Å². The van der Waals surface area contributed by atoms with Crippen molar-refractivity contribution < 1.29 is 13.9 Å². The maximum absolute atomic E-state index is 13.0. The van der Waals surface area contributed by atoms with E-state index in [2.05, 4.69) is 5.32 Å². The van der Waals surface area contributed by atoms with E-state index in [9.17, 15) is 4.39 Å². The van der Waals surface area contributed by atoms with Crippen LogP contribution in [0.3, 0.4) is 0 Å². The van der Waals surface area contributed by atoms with Crippen LogP contribution >= 0.6 is 0 Å². The minimum atomic E-state index is -0.283. The van der Waals surface area contributed by atoms with Crippen molar-refractivity contribution in [1.29, 1.82) is 0 Å². The SMILES string of the molecule is Fc1ccc(C2NCCOC23CCCOC3)cc1. The van der Waals surface area contributed by atoms with Gasteiger partial charge >= 0.3 is 0 Å². The zero-order chi connectivity index (χ0) is 12.4. The van der Waals surface area contributed by atoms with Crippen LogP contribution in [0, 0.1) is 5.82 Å². The molecule has 2 saturated heterocycles. The Morgan fingerprint density at radius 3 is 2.78 bits per heavy atom. The van der Waals surface area contributed by atoms with Crippen molar-refractivity contribution in [1.82, 2.24) is 5.32 Å². The molecular formula is C14H18FNO2. The summed E-state index contributed by atoms with van der Waals surface area (Å²) in [7, 11) is 0. The molecule has 0 bridgehead atoms. The van der Waals surface area contributed by atoms with Crippen molar-refractivity contribution in [3.05, 3.63) is 35.6 Å². The molecule has 1 N–H and O–H groups in total. The van der Waals surface area contributed by atoms with E-state index in [1.165, 1.54) is 12.1 Å². The van der Waals surface area contributed by atoms with E-state index in [0.29, 0.717) is 13.2 Å². The average Bonchev–Trinajstić information content (AvgIpc) is 2.42. The summed E-state index contributed by atoms with van der Waals surface area (Å²) in [6.07, 6.45) is 2.00. The first-order valence-corrected chi connectivity index (χ1v) is 6.51. The number of benzene rings is 1. The second-order valence-corrected chi connectivity index (χ2v) is 5.01. The molecule has 1 spiro atoms. The number of hydrogen-bond donors (Lipinski definition) is 1. The first kappa shape index (κ1) is 12.1. The highest BCUT2D eigenvalue weighted by molar-refractivity contribution is 5.24. The van der Waals surface area contributed by atoms with Gasteiger partial charge in [-0.3, -0.25) is 0 Å². The Labute approximate surface area is 106 Å². The van der Waals surface area contributed by atoms with Gasteiger partial charge in [0, 0.05) is 13.2 Å². The summed E-state index contributed by atoms with van der Waals surface area (Å²) in [5.41, 5.74) is 0.788. The van der Waals surface area contributed by atoms with Gasteiger partial charge in [0.05, 0.1) is 19.3 Å². The highest BCUT2D eigenvalue weighted by Crippen LogP contribution is 2.38. The first-order valence-electron chi connectivity index (χ1n) is 6.51. The standard InChI is InChI=1S/C14H18FNO2/c15-12-4-2-11(3-5-12)13-14(18-9-7-16-13)6-1-8-17-10-14/h2-5,13,16H,1,6-10H2. The van der Waals surface area contributed by atoms with Crippen LogP contribution in [0.5, 0.6) is 0 Å². The molecule has 4 heteroatoms. The van der Waals surface area contributed by atoms with Gasteiger partial charge in [-0.1, -0.05) is 12.1 Å². The van der Waals surface area contributed by atoms with Gasteiger partial charge in [0.1, 0.15) is 11.4 Å². The molecule has 0 aromatic heterocycles. The maximum atomic E-state index is 13.0. The molecule has 0 aliphatic carbocycles. The molecule has 0 radical (unpaired) electrons. The molecule has 2 fully saturated rings. The van der Waals surface area contributed by atoms with Crippen molar-refractivity contribution >= 4 is 0 Å². The fourth-order valence-electron chi connectivity index (χ4n) is 2.94. The van der Waals surface area contributed by atoms with Crippen LogP contribution in [0.2, 0.25) is 0 Å². The summed E-state index contributed by atoms with van der Waals surface area (Å²) in [6, 6.07) is 6.76. The Hall–Kier alpha value is -0.970. The van der Waals surface area contributed by atoms with E-state index in [4.69, 9.17) is 9.47 Å². The third-order valence-corrected chi connectivity index (χ3v) is 3.80. The van der Waals surface area contributed by atoms with Crippen LogP contribution in [0.4, 0.5) is 4.39 Å². The molecule has 2 aliphatic rings. The topological polar surface area (TPSA) is 30.5 Å². The molecular weight excluding hydrogens is 233 g/mol. The smallest absolute Gasteiger partial charge is 0.123 e. The van der Waals surface area contributed by atoms with Crippen LogP contribution in [-0.2, 0) is 9.47 Å². The third kappa shape index (κ3) is 2.16. The minimum absolute atomic E-state index is 0.0900. The van der Waals surface area contributed by atoms with Crippen LogP contribution in [0.15, 0.2) is 24.3 Å². The molecule has 1 aromatic carbocycles. The van der Waals surface area contributed by atoms with Crippen molar-refractivity contribution in [2.24, 2.45) is 0 Å². The van der Waals surface area contributed by atoms with Gasteiger partial charge in [0.2, 0.25) is 0 Å².